The van der Waals surface area contributed by atoms with Gasteiger partial charge in [-0.3, -0.25) is 4.98 Å². The van der Waals surface area contributed by atoms with Gasteiger partial charge in [-0.15, -0.1) is 0 Å². The molecule has 0 N–H and O–H groups in total. The SMILES string of the molecule is CCC(=C1CCC(N2CC=Cc3ncccc32)CC1)c1cccc(Oc2ccc(C(F)(F)F)cn2)c1. The number of allylic oxidation sites excluding steroid dienone is 2. The van der Waals surface area contributed by atoms with E-state index in [1.165, 1.54) is 22.9 Å². The maximum atomic E-state index is 12.8. The van der Waals surface area contributed by atoms with E-state index in [0.29, 0.717) is 11.8 Å². The number of fused-ring (bicyclic) bond motifs is 1. The molecular weight excluding hydrogens is 463 g/mol. The summed E-state index contributed by atoms with van der Waals surface area (Å²) in [6, 6.07) is 14.6. The van der Waals surface area contributed by atoms with Gasteiger partial charge >= 0.3 is 6.18 Å². The van der Waals surface area contributed by atoms with Crippen molar-refractivity contribution in [3.8, 4) is 11.6 Å². The van der Waals surface area contributed by atoms with Crippen LogP contribution in [-0.2, 0) is 6.18 Å². The number of aromatic nitrogens is 2. The van der Waals surface area contributed by atoms with Gasteiger partial charge in [0.2, 0.25) is 5.88 Å². The van der Waals surface area contributed by atoms with Gasteiger partial charge in [0.25, 0.3) is 0 Å². The van der Waals surface area contributed by atoms with Gasteiger partial charge < -0.3 is 9.64 Å². The number of alkyl halides is 3. The molecule has 0 radical (unpaired) electrons. The van der Waals surface area contributed by atoms with E-state index >= 15 is 0 Å². The number of hydrogen-bond acceptors (Lipinski definition) is 4. The first-order chi connectivity index (χ1) is 17.4. The third-order valence-electron chi connectivity index (χ3n) is 6.95. The van der Waals surface area contributed by atoms with E-state index in [1.54, 1.807) is 6.07 Å². The summed E-state index contributed by atoms with van der Waals surface area (Å²) in [5, 5.41) is 0. The molecule has 0 unspecified atom stereocenters. The summed E-state index contributed by atoms with van der Waals surface area (Å²) in [6.07, 6.45) is 7.67. The highest BCUT2D eigenvalue weighted by molar-refractivity contribution is 5.71. The van der Waals surface area contributed by atoms with E-state index in [2.05, 4.69) is 46.1 Å². The highest BCUT2D eigenvalue weighted by atomic mass is 19.4. The minimum atomic E-state index is -4.42. The van der Waals surface area contributed by atoms with Crippen molar-refractivity contribution in [2.75, 3.05) is 11.4 Å². The number of ether oxygens (including phenoxy) is 1. The fraction of sp³-hybridized carbons (Fsp3) is 0.310. The van der Waals surface area contributed by atoms with Gasteiger partial charge in [-0.25, -0.2) is 4.98 Å². The van der Waals surface area contributed by atoms with Crippen molar-refractivity contribution in [2.45, 2.75) is 51.2 Å². The molecule has 0 atom stereocenters. The van der Waals surface area contributed by atoms with Crippen molar-refractivity contribution < 1.29 is 17.9 Å². The van der Waals surface area contributed by atoms with Crippen LogP contribution in [0, 0.1) is 0 Å². The molecule has 0 spiro atoms. The molecule has 1 aliphatic heterocycles. The molecule has 5 rings (SSSR count). The number of benzene rings is 1. The molecule has 36 heavy (non-hydrogen) atoms. The summed E-state index contributed by atoms with van der Waals surface area (Å²) in [5.74, 6) is 0.695. The standard InChI is InChI=1S/C29H28F3N3O/c1-2-25(20-10-13-23(14-11-20)35-17-5-8-26-27(35)9-4-16-33-26)21-6-3-7-24(18-21)36-28-15-12-22(19-34-28)29(30,31)32/h3-9,12,15-16,18-19,23H,2,10-11,13-14,17H2,1H3. The van der Waals surface area contributed by atoms with Gasteiger partial charge in [-0.2, -0.15) is 13.2 Å². The van der Waals surface area contributed by atoms with Gasteiger partial charge in [-0.1, -0.05) is 30.7 Å². The Labute approximate surface area is 209 Å². The number of anilines is 1. The number of pyridine rings is 2. The van der Waals surface area contributed by atoms with Gasteiger partial charge in [0.05, 0.1) is 16.9 Å². The molecule has 0 amide bonds. The van der Waals surface area contributed by atoms with Crippen LogP contribution in [0.1, 0.15) is 55.8 Å². The zero-order valence-corrected chi connectivity index (χ0v) is 20.1. The summed E-state index contributed by atoms with van der Waals surface area (Å²) < 4.78 is 44.2. The summed E-state index contributed by atoms with van der Waals surface area (Å²) in [4.78, 5) is 10.8. The Kier molecular flexibility index (Phi) is 6.81. The smallest absolute Gasteiger partial charge is 0.417 e. The van der Waals surface area contributed by atoms with Crippen LogP contribution < -0.4 is 9.64 Å². The normalized spacial score (nSPS) is 17.6. The molecule has 3 aromatic rings. The molecular formula is C29H28F3N3O. The number of halogens is 3. The second kappa shape index (κ2) is 10.2. The van der Waals surface area contributed by atoms with E-state index in [-0.39, 0.29) is 5.88 Å². The lowest BCUT2D eigenvalue weighted by molar-refractivity contribution is -0.137. The van der Waals surface area contributed by atoms with Crippen LogP contribution in [0.25, 0.3) is 11.6 Å². The van der Waals surface area contributed by atoms with E-state index in [1.807, 2.05) is 24.4 Å². The third kappa shape index (κ3) is 5.15. The lowest BCUT2D eigenvalue weighted by Crippen LogP contribution is -2.39. The van der Waals surface area contributed by atoms with Crippen molar-refractivity contribution in [1.82, 2.24) is 9.97 Å². The minimum absolute atomic E-state index is 0.136. The zero-order chi connectivity index (χ0) is 25.1. The van der Waals surface area contributed by atoms with Crippen LogP contribution in [0.4, 0.5) is 18.9 Å². The zero-order valence-electron chi connectivity index (χ0n) is 20.1. The molecule has 0 saturated heterocycles. The maximum Gasteiger partial charge on any atom is 0.417 e. The second-order valence-electron chi connectivity index (χ2n) is 9.14. The molecule has 7 heteroatoms. The Bertz CT molecular complexity index is 1270. The summed E-state index contributed by atoms with van der Waals surface area (Å²) in [5.41, 5.74) is 5.34. The van der Waals surface area contributed by atoms with Gasteiger partial charge in [0.1, 0.15) is 5.75 Å². The number of rotatable bonds is 5. The predicted octanol–water partition coefficient (Wildman–Crippen LogP) is 7.93. The van der Waals surface area contributed by atoms with Crippen molar-refractivity contribution >= 4 is 17.3 Å². The van der Waals surface area contributed by atoms with Gasteiger partial charge in [0, 0.05) is 31.0 Å². The Morgan fingerprint density at radius 1 is 1.06 bits per heavy atom. The number of hydrogen-bond donors (Lipinski definition) is 0. The minimum Gasteiger partial charge on any atom is -0.439 e. The van der Waals surface area contributed by atoms with Crippen LogP contribution in [0.5, 0.6) is 11.6 Å². The van der Waals surface area contributed by atoms with Crippen LogP contribution in [-0.4, -0.2) is 22.6 Å². The second-order valence-corrected chi connectivity index (χ2v) is 9.14. The molecule has 2 aromatic heterocycles. The molecule has 1 aromatic carbocycles. The molecule has 2 aliphatic rings. The van der Waals surface area contributed by atoms with E-state index in [4.69, 9.17) is 4.74 Å². The highest BCUT2D eigenvalue weighted by Crippen LogP contribution is 2.38. The fourth-order valence-electron chi connectivity index (χ4n) is 5.20. The van der Waals surface area contributed by atoms with Gasteiger partial charge in [-0.05, 0) is 79.6 Å². The first kappa shape index (κ1) is 24.1. The molecule has 1 aliphatic carbocycles. The summed E-state index contributed by atoms with van der Waals surface area (Å²) >= 11 is 0. The van der Waals surface area contributed by atoms with Crippen molar-refractivity contribution in [1.29, 1.82) is 0 Å². The Morgan fingerprint density at radius 2 is 1.89 bits per heavy atom. The largest absolute Gasteiger partial charge is 0.439 e. The Morgan fingerprint density at radius 3 is 2.61 bits per heavy atom. The van der Waals surface area contributed by atoms with Crippen molar-refractivity contribution in [3.05, 3.63) is 89.4 Å². The van der Waals surface area contributed by atoms with Crippen LogP contribution in [0.2, 0.25) is 0 Å². The lowest BCUT2D eigenvalue weighted by Gasteiger charge is -2.38. The van der Waals surface area contributed by atoms with Crippen LogP contribution in [0.3, 0.4) is 0 Å². The van der Waals surface area contributed by atoms with E-state index < -0.39 is 11.7 Å². The predicted molar refractivity (Wildman–Crippen MR) is 136 cm³/mol. The third-order valence-corrected chi connectivity index (χ3v) is 6.95. The quantitative estimate of drug-likeness (QED) is 0.363. The summed E-state index contributed by atoms with van der Waals surface area (Å²) in [7, 11) is 0. The Balaban J connectivity index is 1.30. The van der Waals surface area contributed by atoms with Crippen molar-refractivity contribution in [3.63, 3.8) is 0 Å². The van der Waals surface area contributed by atoms with E-state index in [9.17, 15) is 13.2 Å². The topological polar surface area (TPSA) is 38.2 Å². The van der Waals surface area contributed by atoms with E-state index in [0.717, 1.165) is 62.2 Å². The summed E-state index contributed by atoms with van der Waals surface area (Å²) in [6.45, 7) is 3.08. The van der Waals surface area contributed by atoms with Gasteiger partial charge in [0.15, 0.2) is 0 Å². The molecule has 1 fully saturated rings. The molecule has 4 nitrogen and oxygen atoms in total. The monoisotopic (exact) mass is 491 g/mol. The van der Waals surface area contributed by atoms with Crippen LogP contribution in [0.15, 0.2) is 72.6 Å². The highest BCUT2D eigenvalue weighted by Gasteiger charge is 2.31. The first-order valence-corrected chi connectivity index (χ1v) is 12.3. The maximum absolute atomic E-state index is 12.8. The average molecular weight is 492 g/mol. The molecule has 0 bridgehead atoms. The molecule has 3 heterocycles. The first-order valence-electron chi connectivity index (χ1n) is 12.3. The Hall–Kier alpha value is -3.61. The molecule has 1 saturated carbocycles. The average Bonchev–Trinajstić information content (AvgIpc) is 2.89. The van der Waals surface area contributed by atoms with Crippen molar-refractivity contribution in [2.24, 2.45) is 0 Å². The lowest BCUT2D eigenvalue weighted by atomic mass is 9.84. The number of nitrogens with zero attached hydrogens (tertiary/aromatic N) is 3. The fourth-order valence-corrected chi connectivity index (χ4v) is 5.20. The van der Waals surface area contributed by atoms with Crippen LogP contribution >= 0.6 is 0 Å². The molecule has 186 valence electrons.